The second-order valence-electron chi connectivity index (χ2n) is 5.65. The molecule has 0 saturated heterocycles. The van der Waals surface area contributed by atoms with E-state index >= 15 is 0 Å². The number of ether oxygens (including phenoxy) is 1. The van der Waals surface area contributed by atoms with Gasteiger partial charge in [0.15, 0.2) is 0 Å². The van der Waals surface area contributed by atoms with Gasteiger partial charge in [0.2, 0.25) is 0 Å². The van der Waals surface area contributed by atoms with Crippen molar-refractivity contribution in [3.63, 3.8) is 0 Å². The molecule has 3 heteroatoms. The lowest BCUT2D eigenvalue weighted by Gasteiger charge is -2.21. The van der Waals surface area contributed by atoms with Crippen LogP contribution in [0, 0.1) is 0 Å². The lowest BCUT2D eigenvalue weighted by atomic mass is 10.0. The summed E-state index contributed by atoms with van der Waals surface area (Å²) in [7, 11) is 1.71. The molecule has 0 aliphatic heterocycles. The van der Waals surface area contributed by atoms with Gasteiger partial charge in [0.25, 0.3) is 0 Å². The van der Waals surface area contributed by atoms with Crippen LogP contribution in [0.15, 0.2) is 28.2 Å². The van der Waals surface area contributed by atoms with Crippen LogP contribution in [-0.4, -0.2) is 19.2 Å². The normalized spacial score (nSPS) is 12.6. The lowest BCUT2D eigenvalue weighted by molar-refractivity contribution is 0.413. The molecule has 0 saturated carbocycles. The lowest BCUT2D eigenvalue weighted by Crippen LogP contribution is -2.36. The molecular formula is C16H24BrNO. The van der Waals surface area contributed by atoms with E-state index in [9.17, 15) is 0 Å². The molecule has 106 valence electrons. The molecule has 1 N–H and O–H groups in total. The van der Waals surface area contributed by atoms with Gasteiger partial charge in [0.05, 0.1) is 7.11 Å². The molecule has 0 aliphatic rings. The quantitative estimate of drug-likeness (QED) is 0.851. The summed E-state index contributed by atoms with van der Waals surface area (Å²) in [5, 5.41) is 3.52. The zero-order valence-corrected chi connectivity index (χ0v) is 14.1. The van der Waals surface area contributed by atoms with E-state index in [0.29, 0.717) is 0 Å². The number of nitrogens with one attached hydrogen (secondary N) is 1. The Morgan fingerprint density at radius 1 is 1.37 bits per heavy atom. The van der Waals surface area contributed by atoms with Crippen molar-refractivity contribution in [3.05, 3.63) is 33.8 Å². The molecule has 1 rings (SSSR count). The fourth-order valence-electron chi connectivity index (χ4n) is 1.69. The van der Waals surface area contributed by atoms with Crippen molar-refractivity contribution in [2.24, 2.45) is 0 Å². The molecule has 19 heavy (non-hydrogen) atoms. The Labute approximate surface area is 125 Å². The van der Waals surface area contributed by atoms with Gasteiger partial charge in [-0.25, -0.2) is 0 Å². The van der Waals surface area contributed by atoms with Gasteiger partial charge in [-0.1, -0.05) is 34.5 Å². The third kappa shape index (κ3) is 5.79. The molecule has 1 aromatic rings. The molecule has 0 heterocycles. The zero-order chi connectivity index (χ0) is 14.5. The van der Waals surface area contributed by atoms with Crippen molar-refractivity contribution in [1.82, 2.24) is 5.32 Å². The minimum Gasteiger partial charge on any atom is -0.496 e. The topological polar surface area (TPSA) is 21.3 Å². The van der Waals surface area contributed by atoms with E-state index in [1.807, 2.05) is 12.1 Å². The van der Waals surface area contributed by atoms with E-state index in [1.54, 1.807) is 7.11 Å². The first-order valence-corrected chi connectivity index (χ1v) is 7.43. The molecule has 0 unspecified atom stereocenters. The summed E-state index contributed by atoms with van der Waals surface area (Å²) in [5.41, 5.74) is 2.62. The number of methoxy groups -OCH3 is 1. The van der Waals surface area contributed by atoms with Crippen molar-refractivity contribution >= 4 is 22.0 Å². The Kier molecular flexibility index (Phi) is 6.08. The predicted molar refractivity (Wildman–Crippen MR) is 86.7 cm³/mol. The number of hydrogen-bond acceptors (Lipinski definition) is 2. The number of halogens is 1. The first-order valence-electron chi connectivity index (χ1n) is 6.63. The van der Waals surface area contributed by atoms with E-state index in [0.717, 1.165) is 28.8 Å². The largest absolute Gasteiger partial charge is 0.496 e. The molecule has 0 bridgehead atoms. The molecule has 0 radical (unpaired) electrons. The second kappa shape index (κ2) is 7.11. The summed E-state index contributed by atoms with van der Waals surface area (Å²) < 4.78 is 6.47. The highest BCUT2D eigenvalue weighted by Crippen LogP contribution is 2.25. The molecule has 0 aliphatic carbocycles. The Morgan fingerprint density at radius 2 is 2.05 bits per heavy atom. The maximum absolute atomic E-state index is 5.41. The van der Waals surface area contributed by atoms with E-state index in [2.05, 4.69) is 61.1 Å². The zero-order valence-electron chi connectivity index (χ0n) is 12.5. The minimum absolute atomic E-state index is 0.135. The molecule has 1 aromatic carbocycles. The van der Waals surface area contributed by atoms with Crippen LogP contribution in [0.1, 0.15) is 39.7 Å². The van der Waals surface area contributed by atoms with Crippen LogP contribution in [-0.2, 0) is 0 Å². The molecule has 0 aromatic heterocycles. The van der Waals surface area contributed by atoms with Crippen LogP contribution >= 0.6 is 15.9 Å². The smallest absolute Gasteiger partial charge is 0.126 e. The Hall–Kier alpha value is -0.800. The van der Waals surface area contributed by atoms with Crippen molar-refractivity contribution in [1.29, 1.82) is 0 Å². The fourth-order valence-corrected chi connectivity index (χ4v) is 2.07. The first-order chi connectivity index (χ1) is 8.85. The highest BCUT2D eigenvalue weighted by molar-refractivity contribution is 9.10. The molecule has 0 fully saturated rings. The van der Waals surface area contributed by atoms with Crippen LogP contribution < -0.4 is 10.1 Å². The summed E-state index contributed by atoms with van der Waals surface area (Å²) in [6.07, 6.45) is 3.24. The van der Waals surface area contributed by atoms with Gasteiger partial charge in [0, 0.05) is 22.1 Å². The van der Waals surface area contributed by atoms with E-state index in [4.69, 9.17) is 4.74 Å². The van der Waals surface area contributed by atoms with Crippen molar-refractivity contribution in [2.45, 2.75) is 39.7 Å². The van der Waals surface area contributed by atoms with Gasteiger partial charge in [-0.15, -0.1) is 0 Å². The number of rotatable bonds is 5. The maximum atomic E-state index is 5.41. The van der Waals surface area contributed by atoms with Crippen LogP contribution in [0.3, 0.4) is 0 Å². The van der Waals surface area contributed by atoms with Gasteiger partial charge in [0.1, 0.15) is 5.75 Å². The van der Waals surface area contributed by atoms with E-state index < -0.39 is 0 Å². The average Bonchev–Trinajstić information content (AvgIpc) is 2.33. The maximum Gasteiger partial charge on any atom is 0.126 e. The molecule has 2 nitrogen and oxygen atoms in total. The number of hydrogen-bond donors (Lipinski definition) is 1. The fraction of sp³-hybridized carbons (Fsp3) is 0.500. The van der Waals surface area contributed by atoms with E-state index in [-0.39, 0.29) is 5.54 Å². The third-order valence-electron chi connectivity index (χ3n) is 2.85. The standard InChI is InChI=1S/C16H24BrNO/c1-6-12(11-18-16(2,3)4)9-13-10-14(17)7-8-15(13)19-5/h7-10,18H,6,11H2,1-5H3. The summed E-state index contributed by atoms with van der Waals surface area (Å²) in [4.78, 5) is 0. The van der Waals surface area contributed by atoms with E-state index in [1.165, 1.54) is 5.57 Å². The van der Waals surface area contributed by atoms with Gasteiger partial charge < -0.3 is 10.1 Å². The summed E-state index contributed by atoms with van der Waals surface area (Å²) in [6.45, 7) is 9.62. The third-order valence-corrected chi connectivity index (χ3v) is 3.34. The monoisotopic (exact) mass is 325 g/mol. The van der Waals surface area contributed by atoms with Crippen molar-refractivity contribution in [2.75, 3.05) is 13.7 Å². The van der Waals surface area contributed by atoms with Crippen LogP contribution in [0.4, 0.5) is 0 Å². The minimum atomic E-state index is 0.135. The summed E-state index contributed by atoms with van der Waals surface area (Å²) >= 11 is 3.51. The van der Waals surface area contributed by atoms with Crippen LogP contribution in [0.5, 0.6) is 5.75 Å². The van der Waals surface area contributed by atoms with Gasteiger partial charge >= 0.3 is 0 Å². The van der Waals surface area contributed by atoms with Crippen molar-refractivity contribution in [3.8, 4) is 5.75 Å². The Bertz CT molecular complexity index is 447. The van der Waals surface area contributed by atoms with Crippen LogP contribution in [0.25, 0.3) is 6.08 Å². The first kappa shape index (κ1) is 16.3. The molecule has 0 atom stereocenters. The SMILES string of the molecule is CCC(=Cc1cc(Br)ccc1OC)CNC(C)(C)C. The summed E-state index contributed by atoms with van der Waals surface area (Å²) in [5.74, 6) is 0.907. The highest BCUT2D eigenvalue weighted by atomic mass is 79.9. The molecule has 0 amide bonds. The highest BCUT2D eigenvalue weighted by Gasteiger charge is 2.09. The van der Waals surface area contributed by atoms with Crippen LogP contribution in [0.2, 0.25) is 0 Å². The van der Waals surface area contributed by atoms with Gasteiger partial charge in [-0.05, 0) is 45.4 Å². The summed E-state index contributed by atoms with van der Waals surface area (Å²) in [6, 6.07) is 6.07. The van der Waals surface area contributed by atoms with Gasteiger partial charge in [-0.3, -0.25) is 0 Å². The molecule has 0 spiro atoms. The Balaban J connectivity index is 2.94. The average molecular weight is 326 g/mol. The van der Waals surface area contributed by atoms with Crippen molar-refractivity contribution < 1.29 is 4.74 Å². The Morgan fingerprint density at radius 3 is 2.58 bits per heavy atom. The number of benzene rings is 1. The molecular weight excluding hydrogens is 302 g/mol. The van der Waals surface area contributed by atoms with Gasteiger partial charge in [-0.2, -0.15) is 0 Å². The predicted octanol–water partition coefficient (Wildman–Crippen LogP) is 4.64. The second-order valence-corrected chi connectivity index (χ2v) is 6.56.